The molecule has 0 radical (unpaired) electrons. The molecule has 0 aromatic heterocycles. The highest BCUT2D eigenvalue weighted by Crippen LogP contribution is 2.79. The van der Waals surface area contributed by atoms with Crippen molar-refractivity contribution in [3.8, 4) is 0 Å². The summed E-state index contributed by atoms with van der Waals surface area (Å²) in [6.45, 7) is -0.840. The van der Waals surface area contributed by atoms with Crippen molar-refractivity contribution in [2.24, 2.45) is 0 Å². The van der Waals surface area contributed by atoms with Gasteiger partial charge in [0, 0.05) is 13.1 Å². The van der Waals surface area contributed by atoms with E-state index >= 15 is 13.7 Å². The van der Waals surface area contributed by atoms with Gasteiger partial charge in [-0.2, -0.15) is 0 Å². The first kappa shape index (κ1) is 36.3. The van der Waals surface area contributed by atoms with Crippen molar-refractivity contribution in [2.45, 2.75) is 33.0 Å². The molecule has 0 saturated carbocycles. The van der Waals surface area contributed by atoms with Gasteiger partial charge in [0.2, 0.25) is 0 Å². The average molecular weight is 733 g/mol. The number of benzene rings is 5. The lowest BCUT2D eigenvalue weighted by Crippen LogP contribution is -2.22. The minimum Gasteiger partial charge on any atom is -0.300 e. The predicted molar refractivity (Wildman–Crippen MR) is 192 cm³/mol. The first-order chi connectivity index (χ1) is 24.4. The number of nitrogens with zero attached hydrogens (tertiary/aromatic N) is 2. The van der Waals surface area contributed by atoms with E-state index in [0.29, 0.717) is 5.56 Å². The Hall–Kier alpha value is -3.49. The molecular weight excluding hydrogens is 693 g/mol. The summed E-state index contributed by atoms with van der Waals surface area (Å²) < 4.78 is 78.5. The lowest BCUT2D eigenvalue weighted by atomic mass is 10.2. The van der Waals surface area contributed by atoms with Crippen LogP contribution in [-0.4, -0.2) is 22.0 Å². The molecule has 0 aliphatic carbocycles. The van der Waals surface area contributed by atoms with Crippen molar-refractivity contribution in [3.05, 3.63) is 179 Å². The maximum atomic E-state index is 15.6. The molecule has 1 saturated heterocycles. The third-order valence-corrected chi connectivity index (χ3v) is 15.9. The molecule has 1 fully saturated rings. The molecule has 5 aromatic carbocycles. The van der Waals surface area contributed by atoms with E-state index in [-0.39, 0.29) is 46.1 Å². The summed E-state index contributed by atoms with van der Waals surface area (Å²) in [7, 11) is -13.4. The summed E-state index contributed by atoms with van der Waals surface area (Å²) in [5, 5.41) is 0. The van der Waals surface area contributed by atoms with E-state index in [9.17, 15) is 0 Å². The average Bonchev–Trinajstić information content (AvgIpc) is 3.54. The molecule has 0 bridgehead atoms. The molecule has 0 amide bonds. The van der Waals surface area contributed by atoms with Crippen molar-refractivity contribution in [3.63, 3.8) is 0 Å². The quantitative estimate of drug-likeness (QED) is 0.0858. The predicted octanol–water partition coefficient (Wildman–Crippen LogP) is 10.0. The minimum atomic E-state index is -4.54. The van der Waals surface area contributed by atoms with Crippen molar-refractivity contribution in [2.75, 3.05) is 13.1 Å². The zero-order valence-corrected chi connectivity index (χ0v) is 30.1. The second kappa shape index (κ2) is 17.1. The fourth-order valence-corrected chi connectivity index (χ4v) is 13.2. The maximum absolute atomic E-state index is 15.6. The van der Waals surface area contributed by atoms with Crippen LogP contribution < -0.4 is 0 Å². The topological polar surface area (TPSA) is 104 Å². The van der Waals surface area contributed by atoms with Crippen LogP contribution in [0.5, 0.6) is 0 Å². The highest BCUT2D eigenvalue weighted by Gasteiger charge is 2.61. The number of hydrogen-bond donors (Lipinski definition) is 0. The van der Waals surface area contributed by atoms with Gasteiger partial charge < -0.3 is 4.52 Å². The Morgan fingerprint density at radius 1 is 0.420 bits per heavy atom. The van der Waals surface area contributed by atoms with Crippen LogP contribution in [0, 0.1) is 0 Å². The molecule has 13 heteroatoms. The molecule has 0 spiro atoms. The summed E-state index contributed by atoms with van der Waals surface area (Å²) in [5.74, 6) is 0. The van der Waals surface area contributed by atoms with Crippen LogP contribution in [0.15, 0.2) is 152 Å². The Bertz CT molecular complexity index is 1710. The van der Waals surface area contributed by atoms with Gasteiger partial charge in [-0.3, -0.25) is 22.7 Å². The van der Waals surface area contributed by atoms with Gasteiger partial charge in [-0.25, -0.2) is 9.13 Å². The molecule has 50 heavy (non-hydrogen) atoms. The summed E-state index contributed by atoms with van der Waals surface area (Å²) in [5.41, 5.74) is 3.63. The van der Waals surface area contributed by atoms with E-state index in [0.717, 1.165) is 31.1 Å². The fraction of sp³-hybridized carbons (Fsp3) is 0.189. The Labute approximate surface area is 293 Å². The first-order valence-electron chi connectivity index (χ1n) is 16.2. The molecule has 5 aromatic rings. The second-order valence-corrected chi connectivity index (χ2v) is 18.1. The lowest BCUT2D eigenvalue weighted by Gasteiger charge is -2.35. The smallest absolute Gasteiger partial charge is 0.300 e. The van der Waals surface area contributed by atoms with Crippen LogP contribution in [0.25, 0.3) is 0 Å². The molecule has 1 aliphatic heterocycles. The van der Waals surface area contributed by atoms with Gasteiger partial charge >= 0.3 is 23.2 Å². The van der Waals surface area contributed by atoms with E-state index in [2.05, 4.69) is 0 Å². The zero-order chi connectivity index (χ0) is 34.7. The van der Waals surface area contributed by atoms with Crippen molar-refractivity contribution >= 4 is 23.2 Å². The third-order valence-electron chi connectivity index (χ3n) is 7.84. The van der Waals surface area contributed by atoms with Crippen LogP contribution >= 0.6 is 23.2 Å². The van der Waals surface area contributed by atoms with Crippen molar-refractivity contribution in [1.82, 2.24) is 8.88 Å². The van der Waals surface area contributed by atoms with Gasteiger partial charge in [0.15, 0.2) is 0 Å². The van der Waals surface area contributed by atoms with E-state index in [4.69, 9.17) is 22.6 Å². The van der Waals surface area contributed by atoms with E-state index in [1.54, 1.807) is 0 Å². The standard InChI is InChI=1S/C37H39N2O8P3/c40-48(43-28-33-16-6-1-7-17-33)38(49(41,44-29-34-18-8-2-9-19-34)45-30-35-20-10-3-11-21-35)26-27-39(48)50(42,46-31-36-22-12-4-13-23-36)47-32-37-24-14-5-15-25-37/h1-25H,26-32H2. The van der Waals surface area contributed by atoms with Crippen LogP contribution in [0.3, 0.4) is 0 Å². The van der Waals surface area contributed by atoms with Crippen molar-refractivity contribution < 1.29 is 36.3 Å². The minimum absolute atomic E-state index is 0.102. The van der Waals surface area contributed by atoms with Gasteiger partial charge in [0.05, 0.1) is 33.0 Å². The van der Waals surface area contributed by atoms with E-state index < -0.39 is 23.2 Å². The van der Waals surface area contributed by atoms with Gasteiger partial charge in [0.25, 0.3) is 0 Å². The molecule has 1 aliphatic rings. The van der Waals surface area contributed by atoms with E-state index in [1.165, 1.54) is 0 Å². The molecular formula is C37H39N2O8P3. The Kier molecular flexibility index (Phi) is 12.5. The molecule has 0 unspecified atom stereocenters. The highest BCUT2D eigenvalue weighted by molar-refractivity contribution is 7.74. The Balaban J connectivity index is 1.37. The summed E-state index contributed by atoms with van der Waals surface area (Å²) in [6.07, 6.45) is 0. The molecule has 1 heterocycles. The number of rotatable bonds is 17. The zero-order valence-electron chi connectivity index (χ0n) is 27.4. The molecule has 260 valence electrons. The SMILES string of the molecule is O=P(OCc1ccccc1)(OCc1ccccc1)N1CCN(P(=O)(OCc2ccccc2)OCc2ccccc2)P1(=O)OCc1ccccc1. The Morgan fingerprint density at radius 2 is 0.660 bits per heavy atom. The van der Waals surface area contributed by atoms with Crippen LogP contribution in [0.1, 0.15) is 27.8 Å². The summed E-state index contributed by atoms with van der Waals surface area (Å²) >= 11 is 0. The first-order valence-corrected chi connectivity index (χ1v) is 20.7. The fourth-order valence-electron chi connectivity index (χ4n) is 5.20. The third kappa shape index (κ3) is 9.24. The Morgan fingerprint density at radius 3 is 0.920 bits per heavy atom. The maximum Gasteiger partial charge on any atom is 0.417 e. The van der Waals surface area contributed by atoms with Gasteiger partial charge in [-0.1, -0.05) is 152 Å². The van der Waals surface area contributed by atoms with Crippen molar-refractivity contribution in [1.29, 1.82) is 0 Å². The van der Waals surface area contributed by atoms with E-state index in [1.807, 2.05) is 152 Å². The normalized spacial score (nSPS) is 15.3. The number of hydrogen-bond acceptors (Lipinski definition) is 8. The molecule has 10 nitrogen and oxygen atoms in total. The largest absolute Gasteiger partial charge is 0.417 e. The van der Waals surface area contributed by atoms with Gasteiger partial charge in [0.1, 0.15) is 0 Å². The summed E-state index contributed by atoms with van der Waals surface area (Å²) in [4.78, 5) is 0. The van der Waals surface area contributed by atoms with Crippen LogP contribution in [-0.2, 0) is 69.3 Å². The van der Waals surface area contributed by atoms with Gasteiger partial charge in [-0.05, 0) is 27.8 Å². The lowest BCUT2D eigenvalue weighted by molar-refractivity contribution is 0.155. The second-order valence-electron chi connectivity index (χ2n) is 11.4. The van der Waals surface area contributed by atoms with Crippen LogP contribution in [0.2, 0.25) is 0 Å². The molecule has 0 N–H and O–H groups in total. The highest BCUT2D eigenvalue weighted by atomic mass is 31.3. The monoisotopic (exact) mass is 732 g/mol. The van der Waals surface area contributed by atoms with Gasteiger partial charge in [-0.15, -0.1) is 8.88 Å². The molecule has 0 atom stereocenters. The van der Waals surface area contributed by atoms with Crippen LogP contribution in [0.4, 0.5) is 0 Å². The summed E-state index contributed by atoms with van der Waals surface area (Å²) in [6, 6.07) is 45.9. The molecule has 6 rings (SSSR count).